The van der Waals surface area contributed by atoms with Gasteiger partial charge in [0, 0.05) is 42.0 Å². The monoisotopic (exact) mass is 669 g/mol. The van der Waals surface area contributed by atoms with Gasteiger partial charge in [0.2, 0.25) is 5.91 Å². The minimum absolute atomic E-state index is 0.0338. The molecule has 4 aromatic rings. The first kappa shape index (κ1) is 34.8. The molecule has 4 N–H and O–H groups in total. The van der Waals surface area contributed by atoms with Crippen molar-refractivity contribution < 1.29 is 39.2 Å². The van der Waals surface area contributed by atoms with Crippen molar-refractivity contribution in [2.75, 3.05) is 5.75 Å². The number of hydrogen-bond acceptors (Lipinski definition) is 7. The van der Waals surface area contributed by atoms with Gasteiger partial charge < -0.3 is 30.1 Å². The van der Waals surface area contributed by atoms with Crippen LogP contribution in [0.25, 0.3) is 11.1 Å². The van der Waals surface area contributed by atoms with E-state index < -0.39 is 18.2 Å². The highest BCUT2D eigenvalue weighted by Gasteiger charge is 2.32. The Labute approximate surface area is 283 Å². The number of rotatable bonds is 15. The lowest BCUT2D eigenvalue weighted by Gasteiger charge is -2.36. The lowest BCUT2D eigenvalue weighted by atomic mass is 9.97. The molecule has 0 unspecified atom stereocenters. The molecule has 1 aliphatic heterocycles. The number of carbonyl (C=O) groups is 3. The summed E-state index contributed by atoms with van der Waals surface area (Å²) in [5, 5.41) is 30.5. The summed E-state index contributed by atoms with van der Waals surface area (Å²) in [6.07, 6.45) is 0.977. The Bertz CT molecular complexity index is 1670. The van der Waals surface area contributed by atoms with E-state index in [0.29, 0.717) is 31.6 Å². The fourth-order valence-electron chi connectivity index (χ4n) is 5.53. The van der Waals surface area contributed by atoms with Gasteiger partial charge in [-0.3, -0.25) is 9.59 Å². The van der Waals surface area contributed by atoms with E-state index in [1.165, 1.54) is 0 Å². The second kappa shape index (κ2) is 17.1. The summed E-state index contributed by atoms with van der Waals surface area (Å²) in [7, 11) is 0. The predicted molar refractivity (Wildman–Crippen MR) is 182 cm³/mol. The Morgan fingerprint density at radius 2 is 1.48 bits per heavy atom. The number of aliphatic hydroxyl groups excluding tert-OH is 1. The third-order valence-corrected chi connectivity index (χ3v) is 9.33. The van der Waals surface area contributed by atoms with Crippen LogP contribution in [-0.2, 0) is 32.2 Å². The van der Waals surface area contributed by atoms with Crippen LogP contribution in [0.2, 0.25) is 0 Å². The molecule has 3 atom stereocenters. The molecule has 1 aliphatic rings. The number of aromatic carboxylic acids is 1. The van der Waals surface area contributed by atoms with E-state index in [1.54, 1.807) is 36.0 Å². The lowest BCUT2D eigenvalue weighted by Crippen LogP contribution is -2.31. The first-order valence-corrected chi connectivity index (χ1v) is 16.9. The largest absolute Gasteiger partial charge is 0.481 e. The third kappa shape index (κ3) is 9.77. The number of carboxylic acids is 2. The van der Waals surface area contributed by atoms with Gasteiger partial charge >= 0.3 is 11.9 Å². The Hall–Kier alpha value is -4.48. The Balaban J connectivity index is 1.27. The van der Waals surface area contributed by atoms with Gasteiger partial charge in [-0.1, -0.05) is 72.8 Å². The first-order chi connectivity index (χ1) is 23.3. The van der Waals surface area contributed by atoms with Crippen LogP contribution in [0.4, 0.5) is 0 Å². The van der Waals surface area contributed by atoms with E-state index in [2.05, 4.69) is 5.32 Å². The van der Waals surface area contributed by atoms with Gasteiger partial charge in [-0.05, 0) is 64.9 Å². The standard InChI is InChI=1S/C38H39NO8S/c40-23-25-9-11-27(12-10-25)34-21-31(24-48-32-19-17-28(18-20-32)37(44)45)46-38(47-34)29-15-13-26(14-16-29)33-6-2-1-5-30(33)22-39-35(41)7-3-4-8-36(42)43/h1-2,5-6,9-20,31,34,38,40H,3-4,7-8,21-24H2,(H,39,41)(H,42,43)(H,44,45)/t31-,34+,38+/m0/s1. The first-order valence-electron chi connectivity index (χ1n) is 15.9. The fraction of sp³-hybridized carbons (Fsp3) is 0.289. The molecule has 1 amide bonds. The number of unbranched alkanes of at least 4 members (excludes halogenated alkanes) is 1. The van der Waals surface area contributed by atoms with Crippen molar-refractivity contribution in [3.8, 4) is 11.1 Å². The van der Waals surface area contributed by atoms with Gasteiger partial charge in [0.05, 0.1) is 24.4 Å². The molecule has 1 fully saturated rings. The van der Waals surface area contributed by atoms with Crippen molar-refractivity contribution in [1.82, 2.24) is 5.32 Å². The third-order valence-electron chi connectivity index (χ3n) is 8.18. The normalized spacial score (nSPS) is 17.5. The minimum Gasteiger partial charge on any atom is -0.481 e. The molecule has 4 aromatic carbocycles. The van der Waals surface area contributed by atoms with E-state index in [0.717, 1.165) is 38.3 Å². The predicted octanol–water partition coefficient (Wildman–Crippen LogP) is 7.14. The summed E-state index contributed by atoms with van der Waals surface area (Å²) in [6.45, 7) is 0.327. The van der Waals surface area contributed by atoms with E-state index in [9.17, 15) is 24.6 Å². The Morgan fingerprint density at radius 3 is 2.17 bits per heavy atom. The number of aliphatic carboxylic acids is 1. The van der Waals surface area contributed by atoms with Crippen LogP contribution < -0.4 is 5.32 Å². The highest BCUT2D eigenvalue weighted by Crippen LogP contribution is 2.40. The van der Waals surface area contributed by atoms with Crippen LogP contribution in [0.5, 0.6) is 0 Å². The summed E-state index contributed by atoms with van der Waals surface area (Å²) in [5.41, 5.74) is 5.87. The zero-order valence-corrected chi connectivity index (χ0v) is 27.2. The van der Waals surface area contributed by atoms with Crippen molar-refractivity contribution >= 4 is 29.6 Å². The molecule has 5 rings (SSSR count). The molecular weight excluding hydrogens is 630 g/mol. The topological polar surface area (TPSA) is 142 Å². The van der Waals surface area contributed by atoms with Crippen molar-refractivity contribution in [2.45, 2.75) is 68.6 Å². The molecule has 0 aromatic heterocycles. The fourth-order valence-corrected chi connectivity index (χ4v) is 6.45. The number of amides is 1. The average molecular weight is 670 g/mol. The summed E-state index contributed by atoms with van der Waals surface area (Å²) in [5.74, 6) is -1.28. The number of carbonyl (C=O) groups excluding carboxylic acids is 1. The van der Waals surface area contributed by atoms with E-state index in [-0.39, 0.29) is 43.1 Å². The summed E-state index contributed by atoms with van der Waals surface area (Å²) in [4.78, 5) is 35.3. The molecule has 1 heterocycles. The van der Waals surface area contributed by atoms with E-state index >= 15 is 0 Å². The van der Waals surface area contributed by atoms with Gasteiger partial charge in [0.1, 0.15) is 0 Å². The van der Waals surface area contributed by atoms with Gasteiger partial charge in [-0.2, -0.15) is 0 Å². The van der Waals surface area contributed by atoms with Gasteiger partial charge in [-0.15, -0.1) is 11.8 Å². The number of hydrogen-bond donors (Lipinski definition) is 4. The number of thioether (sulfide) groups is 1. The molecule has 10 heteroatoms. The van der Waals surface area contributed by atoms with Crippen LogP contribution in [0.1, 0.15) is 77.1 Å². The maximum absolute atomic E-state index is 12.4. The SMILES string of the molecule is O=C(O)CCCCC(=O)NCc1ccccc1-c1ccc([C@@H]2O[C@H](CSc3ccc(C(=O)O)cc3)C[C@H](c3ccc(CO)cc3)O2)cc1. The number of aliphatic hydroxyl groups is 1. The zero-order valence-electron chi connectivity index (χ0n) is 26.4. The van der Waals surface area contributed by atoms with Crippen molar-refractivity contribution in [3.63, 3.8) is 0 Å². The van der Waals surface area contributed by atoms with Crippen molar-refractivity contribution in [3.05, 3.63) is 125 Å². The number of nitrogens with one attached hydrogen (secondary N) is 1. The van der Waals surface area contributed by atoms with E-state index in [1.807, 2.05) is 72.8 Å². The summed E-state index contributed by atoms with van der Waals surface area (Å²) < 4.78 is 13.0. The average Bonchev–Trinajstić information content (AvgIpc) is 3.12. The molecule has 0 saturated carbocycles. The molecule has 0 spiro atoms. The highest BCUT2D eigenvalue weighted by atomic mass is 32.2. The molecule has 250 valence electrons. The van der Waals surface area contributed by atoms with Gasteiger partial charge in [-0.25, -0.2) is 4.79 Å². The molecule has 9 nitrogen and oxygen atoms in total. The van der Waals surface area contributed by atoms with E-state index in [4.69, 9.17) is 14.6 Å². The van der Waals surface area contributed by atoms with Crippen molar-refractivity contribution in [1.29, 1.82) is 0 Å². The van der Waals surface area contributed by atoms with Crippen LogP contribution in [0.3, 0.4) is 0 Å². The molecule has 0 bridgehead atoms. The molecule has 0 radical (unpaired) electrons. The Kier molecular flexibility index (Phi) is 12.4. The summed E-state index contributed by atoms with van der Waals surface area (Å²) in [6, 6.07) is 30.4. The minimum atomic E-state index is -0.958. The molecule has 1 saturated heterocycles. The van der Waals surface area contributed by atoms with Gasteiger partial charge in [0.15, 0.2) is 6.29 Å². The molecule has 0 aliphatic carbocycles. The molecule has 48 heavy (non-hydrogen) atoms. The maximum atomic E-state index is 12.4. The second-order valence-electron chi connectivity index (χ2n) is 11.6. The maximum Gasteiger partial charge on any atom is 0.335 e. The quantitative estimate of drug-likeness (QED) is 0.0767. The number of benzene rings is 4. The van der Waals surface area contributed by atoms with Crippen LogP contribution in [0, 0.1) is 0 Å². The zero-order chi connectivity index (χ0) is 33.9. The van der Waals surface area contributed by atoms with Crippen molar-refractivity contribution in [2.24, 2.45) is 0 Å². The Morgan fingerprint density at radius 1 is 0.792 bits per heavy atom. The summed E-state index contributed by atoms with van der Waals surface area (Å²) >= 11 is 1.60. The second-order valence-corrected chi connectivity index (χ2v) is 12.7. The lowest BCUT2D eigenvalue weighted by molar-refractivity contribution is -0.245. The molecular formula is C38H39NO8S. The number of carboxylic acid groups (broad SMARTS) is 2. The number of ether oxygens (including phenoxy) is 2. The highest BCUT2D eigenvalue weighted by molar-refractivity contribution is 7.99. The van der Waals surface area contributed by atoms with Gasteiger partial charge in [0.25, 0.3) is 0 Å². The van der Waals surface area contributed by atoms with Crippen LogP contribution in [-0.4, -0.2) is 45.0 Å². The van der Waals surface area contributed by atoms with Crippen LogP contribution >= 0.6 is 11.8 Å². The van der Waals surface area contributed by atoms with Crippen LogP contribution in [0.15, 0.2) is 102 Å². The smallest absolute Gasteiger partial charge is 0.335 e.